The first kappa shape index (κ1) is 16.4. The first-order valence-corrected chi connectivity index (χ1v) is 8.04. The Bertz CT molecular complexity index is 459. The molecule has 118 valence electrons. The fraction of sp³-hybridized carbons (Fsp3) is 0.647. The van der Waals surface area contributed by atoms with Crippen LogP contribution in [-0.2, 0) is 0 Å². The minimum atomic E-state index is -0.172. The second kappa shape index (κ2) is 7.34. The average Bonchev–Trinajstić information content (AvgIpc) is 2.93. The van der Waals surface area contributed by atoms with Gasteiger partial charge in [-0.1, -0.05) is 19.9 Å². The third-order valence-electron chi connectivity index (χ3n) is 4.78. The van der Waals surface area contributed by atoms with Gasteiger partial charge in [0, 0.05) is 31.7 Å². The van der Waals surface area contributed by atoms with Gasteiger partial charge in [0.25, 0.3) is 0 Å². The number of benzene rings is 1. The van der Waals surface area contributed by atoms with Crippen LogP contribution in [-0.4, -0.2) is 48.6 Å². The van der Waals surface area contributed by atoms with Gasteiger partial charge in [-0.3, -0.25) is 9.80 Å². The summed E-state index contributed by atoms with van der Waals surface area (Å²) in [6.07, 6.45) is 1.19. The van der Waals surface area contributed by atoms with Crippen LogP contribution in [0.25, 0.3) is 0 Å². The van der Waals surface area contributed by atoms with Crippen LogP contribution in [0.15, 0.2) is 18.2 Å². The van der Waals surface area contributed by atoms with E-state index in [1.807, 2.05) is 13.0 Å². The largest absolute Gasteiger partial charge is 0.329 e. The Morgan fingerprint density at radius 2 is 2.10 bits per heavy atom. The number of halogens is 1. The molecule has 1 saturated heterocycles. The predicted molar refractivity (Wildman–Crippen MR) is 85.8 cm³/mol. The van der Waals surface area contributed by atoms with E-state index in [-0.39, 0.29) is 11.9 Å². The number of hydrogen-bond acceptors (Lipinski definition) is 3. The molecular weight excluding hydrogens is 265 g/mol. The molecule has 1 aliphatic heterocycles. The van der Waals surface area contributed by atoms with Gasteiger partial charge in [0.2, 0.25) is 0 Å². The Balaban J connectivity index is 2.12. The lowest BCUT2D eigenvalue weighted by Gasteiger charge is -2.30. The number of nitrogens with two attached hydrogens (primary N) is 1. The number of rotatable bonds is 6. The molecule has 2 unspecified atom stereocenters. The van der Waals surface area contributed by atoms with E-state index in [2.05, 4.69) is 23.6 Å². The van der Waals surface area contributed by atoms with Gasteiger partial charge < -0.3 is 5.73 Å². The summed E-state index contributed by atoms with van der Waals surface area (Å²) in [4.78, 5) is 4.98. The number of hydrogen-bond donors (Lipinski definition) is 1. The van der Waals surface area contributed by atoms with Crippen LogP contribution in [0.4, 0.5) is 4.39 Å². The summed E-state index contributed by atoms with van der Waals surface area (Å²) in [5, 5.41) is 0. The van der Waals surface area contributed by atoms with Crippen LogP contribution in [0.1, 0.15) is 37.4 Å². The van der Waals surface area contributed by atoms with Crippen LogP contribution in [0.3, 0.4) is 0 Å². The van der Waals surface area contributed by atoms with E-state index in [9.17, 15) is 4.39 Å². The van der Waals surface area contributed by atoms with Crippen molar-refractivity contribution >= 4 is 0 Å². The van der Waals surface area contributed by atoms with Crippen LogP contribution in [0, 0.1) is 12.7 Å². The van der Waals surface area contributed by atoms with Gasteiger partial charge in [-0.2, -0.15) is 0 Å². The van der Waals surface area contributed by atoms with Crippen molar-refractivity contribution in [2.45, 2.75) is 39.3 Å². The van der Waals surface area contributed by atoms with Crippen molar-refractivity contribution in [1.82, 2.24) is 9.80 Å². The fourth-order valence-corrected chi connectivity index (χ4v) is 3.57. The zero-order valence-corrected chi connectivity index (χ0v) is 13.5. The summed E-state index contributed by atoms with van der Waals surface area (Å²) in [6.45, 7) is 11.3. The molecule has 1 aromatic carbocycles. The van der Waals surface area contributed by atoms with Crippen LogP contribution >= 0.6 is 0 Å². The monoisotopic (exact) mass is 293 g/mol. The summed E-state index contributed by atoms with van der Waals surface area (Å²) in [6, 6.07) is 5.87. The number of nitrogens with zero attached hydrogens (tertiary/aromatic N) is 2. The number of aryl methyl sites for hydroxylation is 1. The summed E-state index contributed by atoms with van der Waals surface area (Å²) in [5.41, 5.74) is 8.19. The van der Waals surface area contributed by atoms with E-state index in [4.69, 9.17) is 5.73 Å². The van der Waals surface area contributed by atoms with Crippen molar-refractivity contribution in [1.29, 1.82) is 0 Å². The molecule has 21 heavy (non-hydrogen) atoms. The molecule has 0 aliphatic carbocycles. The molecule has 3 nitrogen and oxygen atoms in total. The molecule has 1 aromatic rings. The van der Waals surface area contributed by atoms with E-state index < -0.39 is 0 Å². The molecule has 2 N–H and O–H groups in total. The molecule has 1 heterocycles. The van der Waals surface area contributed by atoms with E-state index in [0.717, 1.165) is 31.7 Å². The van der Waals surface area contributed by atoms with E-state index in [1.54, 1.807) is 12.1 Å². The third kappa shape index (κ3) is 3.62. The standard InChI is InChI=1S/C17H28FN3/c1-4-20(5-2)15-8-9-21(12-15)17(11-19)16-7-6-14(18)10-13(16)3/h6-7,10,15,17H,4-5,8-9,11-12,19H2,1-3H3. The van der Waals surface area contributed by atoms with Gasteiger partial charge in [0.05, 0.1) is 0 Å². The first-order valence-electron chi connectivity index (χ1n) is 8.04. The Kier molecular flexibility index (Phi) is 5.73. The van der Waals surface area contributed by atoms with Crippen molar-refractivity contribution in [3.63, 3.8) is 0 Å². The van der Waals surface area contributed by atoms with Crippen molar-refractivity contribution < 1.29 is 4.39 Å². The van der Waals surface area contributed by atoms with Gasteiger partial charge in [-0.15, -0.1) is 0 Å². The lowest BCUT2D eigenvalue weighted by Crippen LogP contribution is -2.39. The SMILES string of the molecule is CCN(CC)C1CCN(C(CN)c2ccc(F)cc2C)C1. The van der Waals surface area contributed by atoms with Crippen LogP contribution < -0.4 is 5.73 Å². The fourth-order valence-electron chi connectivity index (χ4n) is 3.57. The Morgan fingerprint density at radius 3 is 2.67 bits per heavy atom. The molecular formula is C17H28FN3. The maximum Gasteiger partial charge on any atom is 0.123 e. The highest BCUT2D eigenvalue weighted by Crippen LogP contribution is 2.28. The molecule has 1 fully saturated rings. The molecule has 4 heteroatoms. The first-order chi connectivity index (χ1) is 10.1. The molecule has 0 saturated carbocycles. The highest BCUT2D eigenvalue weighted by atomic mass is 19.1. The number of likely N-dealkylation sites (tertiary alicyclic amines) is 1. The molecule has 1 aliphatic rings. The van der Waals surface area contributed by atoms with Crippen molar-refractivity contribution in [3.05, 3.63) is 35.1 Å². The maximum atomic E-state index is 13.3. The quantitative estimate of drug-likeness (QED) is 0.875. The molecule has 2 rings (SSSR count). The summed E-state index contributed by atoms with van der Waals surface area (Å²) < 4.78 is 13.3. The highest BCUT2D eigenvalue weighted by molar-refractivity contribution is 5.30. The van der Waals surface area contributed by atoms with Gasteiger partial charge in [0.1, 0.15) is 5.82 Å². The lowest BCUT2D eigenvalue weighted by molar-refractivity contribution is 0.189. The maximum absolute atomic E-state index is 13.3. The van der Waals surface area contributed by atoms with E-state index in [1.165, 1.54) is 12.0 Å². The number of likely N-dealkylation sites (N-methyl/N-ethyl adjacent to an activating group) is 1. The van der Waals surface area contributed by atoms with Crippen LogP contribution in [0.2, 0.25) is 0 Å². The summed E-state index contributed by atoms with van der Waals surface area (Å²) in [5.74, 6) is -0.172. The normalized spacial score (nSPS) is 21.1. The Morgan fingerprint density at radius 1 is 1.38 bits per heavy atom. The van der Waals surface area contributed by atoms with Gasteiger partial charge in [-0.25, -0.2) is 4.39 Å². The minimum absolute atomic E-state index is 0.172. The Hall–Kier alpha value is -0.970. The minimum Gasteiger partial charge on any atom is -0.329 e. The summed E-state index contributed by atoms with van der Waals surface area (Å²) >= 11 is 0. The second-order valence-corrected chi connectivity index (χ2v) is 5.91. The van der Waals surface area contributed by atoms with Gasteiger partial charge >= 0.3 is 0 Å². The Labute approximate surface area is 127 Å². The van der Waals surface area contributed by atoms with Crippen molar-refractivity contribution in [2.75, 3.05) is 32.7 Å². The van der Waals surface area contributed by atoms with E-state index >= 15 is 0 Å². The zero-order valence-electron chi connectivity index (χ0n) is 13.5. The smallest absolute Gasteiger partial charge is 0.123 e. The zero-order chi connectivity index (χ0) is 15.4. The predicted octanol–water partition coefficient (Wildman–Crippen LogP) is 2.55. The molecule has 0 radical (unpaired) electrons. The average molecular weight is 293 g/mol. The molecule has 0 bridgehead atoms. The van der Waals surface area contributed by atoms with Crippen LogP contribution in [0.5, 0.6) is 0 Å². The van der Waals surface area contributed by atoms with Crippen molar-refractivity contribution in [3.8, 4) is 0 Å². The molecule has 0 spiro atoms. The van der Waals surface area contributed by atoms with Gasteiger partial charge in [-0.05, 0) is 49.7 Å². The molecule has 0 aromatic heterocycles. The van der Waals surface area contributed by atoms with E-state index in [0.29, 0.717) is 12.6 Å². The lowest BCUT2D eigenvalue weighted by atomic mass is 10.00. The highest BCUT2D eigenvalue weighted by Gasteiger charge is 2.31. The topological polar surface area (TPSA) is 32.5 Å². The summed E-state index contributed by atoms with van der Waals surface area (Å²) in [7, 11) is 0. The molecule has 2 atom stereocenters. The second-order valence-electron chi connectivity index (χ2n) is 5.91. The van der Waals surface area contributed by atoms with Crippen molar-refractivity contribution in [2.24, 2.45) is 5.73 Å². The van der Waals surface area contributed by atoms with Gasteiger partial charge in [0.15, 0.2) is 0 Å². The molecule has 0 amide bonds. The third-order valence-corrected chi connectivity index (χ3v) is 4.78.